The second-order valence-electron chi connectivity index (χ2n) is 4.10. The fourth-order valence-electron chi connectivity index (χ4n) is 1.93. The molecule has 6 heteroatoms. The van der Waals surface area contributed by atoms with Gasteiger partial charge in [0.05, 0.1) is 0 Å². The van der Waals surface area contributed by atoms with Crippen molar-refractivity contribution in [2.75, 3.05) is 39.3 Å². The van der Waals surface area contributed by atoms with Gasteiger partial charge in [0.15, 0.2) is 0 Å². The first-order chi connectivity index (χ1) is 8.08. The van der Waals surface area contributed by atoms with Gasteiger partial charge in [0.2, 0.25) is 5.91 Å². The number of nitrogens with zero attached hydrogens (tertiary/aromatic N) is 3. The summed E-state index contributed by atoms with van der Waals surface area (Å²) < 4.78 is 0. The number of nitrogens with one attached hydrogen (secondary N) is 1. The molecular weight excluding hydrogens is 220 g/mol. The van der Waals surface area contributed by atoms with Crippen molar-refractivity contribution >= 4 is 11.9 Å². The van der Waals surface area contributed by atoms with E-state index < -0.39 is 0 Å². The predicted octanol–water partition coefficient (Wildman–Crippen LogP) is 0.117. The highest BCUT2D eigenvalue weighted by molar-refractivity contribution is 5.74. The Bertz CT molecular complexity index is 271. The zero-order chi connectivity index (χ0) is 12.8. The van der Waals surface area contributed by atoms with E-state index in [1.54, 1.807) is 0 Å². The Kier molecular flexibility index (Phi) is 5.21. The summed E-state index contributed by atoms with van der Waals surface area (Å²) in [6.45, 7) is 9.63. The lowest BCUT2D eigenvalue weighted by Gasteiger charge is -2.36. The van der Waals surface area contributed by atoms with Gasteiger partial charge < -0.3 is 9.80 Å². The largest absolute Gasteiger partial charge is 0.325 e. The van der Waals surface area contributed by atoms with Crippen LogP contribution in [0.1, 0.15) is 20.8 Å². The highest BCUT2D eigenvalue weighted by Crippen LogP contribution is 2.04. The summed E-state index contributed by atoms with van der Waals surface area (Å²) >= 11 is 0. The Morgan fingerprint density at radius 1 is 1.12 bits per heavy atom. The summed E-state index contributed by atoms with van der Waals surface area (Å²) in [5.74, 6) is -0.0616. The Hall–Kier alpha value is -1.30. The molecule has 0 saturated carbocycles. The standard InChI is InChI=1S/C11H22N4O2/c1-4-13(5-2)11(17)14-6-8-15(9-7-14)12-10(3)16/h4-9H2,1-3H3,(H,12,16). The van der Waals surface area contributed by atoms with Crippen LogP contribution < -0.4 is 5.43 Å². The van der Waals surface area contributed by atoms with E-state index in [1.807, 2.05) is 28.7 Å². The van der Waals surface area contributed by atoms with Gasteiger partial charge in [-0.3, -0.25) is 10.2 Å². The Morgan fingerprint density at radius 3 is 2.06 bits per heavy atom. The molecule has 98 valence electrons. The predicted molar refractivity (Wildman–Crippen MR) is 65.3 cm³/mol. The maximum atomic E-state index is 12.0. The fourth-order valence-corrected chi connectivity index (χ4v) is 1.93. The van der Waals surface area contributed by atoms with E-state index in [4.69, 9.17) is 0 Å². The van der Waals surface area contributed by atoms with Crippen LogP contribution >= 0.6 is 0 Å². The number of hydrazine groups is 1. The molecule has 1 saturated heterocycles. The molecule has 0 aromatic carbocycles. The number of piperazine rings is 1. The highest BCUT2D eigenvalue weighted by Gasteiger charge is 2.23. The van der Waals surface area contributed by atoms with Crippen LogP contribution in [-0.2, 0) is 4.79 Å². The molecule has 1 N–H and O–H groups in total. The minimum Gasteiger partial charge on any atom is -0.325 e. The highest BCUT2D eigenvalue weighted by atomic mass is 16.2. The van der Waals surface area contributed by atoms with Gasteiger partial charge in [-0.1, -0.05) is 0 Å². The van der Waals surface area contributed by atoms with Gasteiger partial charge in [-0.15, -0.1) is 0 Å². The number of rotatable bonds is 3. The van der Waals surface area contributed by atoms with E-state index in [9.17, 15) is 9.59 Å². The molecular formula is C11H22N4O2. The average Bonchev–Trinajstić information content (AvgIpc) is 2.30. The molecule has 1 fully saturated rings. The molecule has 0 aliphatic carbocycles. The lowest BCUT2D eigenvalue weighted by molar-refractivity contribution is -0.124. The van der Waals surface area contributed by atoms with Crippen LogP contribution in [-0.4, -0.2) is 66.0 Å². The van der Waals surface area contributed by atoms with Crippen molar-refractivity contribution in [1.29, 1.82) is 0 Å². The SMILES string of the molecule is CCN(CC)C(=O)N1CCN(NC(C)=O)CC1. The van der Waals surface area contributed by atoms with E-state index in [0.717, 1.165) is 13.1 Å². The van der Waals surface area contributed by atoms with Crippen LogP contribution in [0.15, 0.2) is 0 Å². The average molecular weight is 242 g/mol. The quantitative estimate of drug-likeness (QED) is 0.764. The fraction of sp³-hybridized carbons (Fsp3) is 0.818. The van der Waals surface area contributed by atoms with Crippen molar-refractivity contribution in [1.82, 2.24) is 20.2 Å². The van der Waals surface area contributed by atoms with Crippen LogP contribution in [0.2, 0.25) is 0 Å². The summed E-state index contributed by atoms with van der Waals surface area (Å²) in [5.41, 5.74) is 2.74. The molecule has 6 nitrogen and oxygen atoms in total. The molecule has 1 aliphatic rings. The first kappa shape index (κ1) is 13.8. The Labute approximate surface area is 103 Å². The number of hydrogen-bond acceptors (Lipinski definition) is 3. The molecule has 0 unspecified atom stereocenters. The lowest BCUT2D eigenvalue weighted by Crippen LogP contribution is -2.56. The molecule has 3 amide bonds. The van der Waals surface area contributed by atoms with E-state index in [2.05, 4.69) is 5.43 Å². The Morgan fingerprint density at radius 2 is 1.65 bits per heavy atom. The van der Waals surface area contributed by atoms with Crippen LogP contribution in [0.4, 0.5) is 4.79 Å². The number of amides is 3. The second-order valence-corrected chi connectivity index (χ2v) is 4.10. The van der Waals surface area contributed by atoms with Gasteiger partial charge in [0, 0.05) is 46.2 Å². The molecule has 1 heterocycles. The molecule has 0 aromatic heterocycles. The summed E-state index contributed by atoms with van der Waals surface area (Å²) in [5, 5.41) is 1.86. The van der Waals surface area contributed by atoms with Crippen molar-refractivity contribution < 1.29 is 9.59 Å². The zero-order valence-electron chi connectivity index (χ0n) is 10.9. The number of urea groups is 1. The van der Waals surface area contributed by atoms with Crippen LogP contribution in [0.3, 0.4) is 0 Å². The molecule has 0 radical (unpaired) electrons. The molecule has 0 spiro atoms. The van der Waals surface area contributed by atoms with E-state index in [0.29, 0.717) is 26.2 Å². The molecule has 17 heavy (non-hydrogen) atoms. The molecule has 1 aliphatic heterocycles. The van der Waals surface area contributed by atoms with Gasteiger partial charge in [0.1, 0.15) is 0 Å². The maximum absolute atomic E-state index is 12.0. The van der Waals surface area contributed by atoms with E-state index in [-0.39, 0.29) is 11.9 Å². The van der Waals surface area contributed by atoms with Gasteiger partial charge >= 0.3 is 6.03 Å². The summed E-state index contributed by atoms with van der Waals surface area (Å²) in [6, 6.07) is 0.0949. The lowest BCUT2D eigenvalue weighted by atomic mass is 10.3. The van der Waals surface area contributed by atoms with E-state index in [1.165, 1.54) is 6.92 Å². The maximum Gasteiger partial charge on any atom is 0.320 e. The second kappa shape index (κ2) is 6.44. The van der Waals surface area contributed by atoms with Crippen LogP contribution in [0.25, 0.3) is 0 Å². The number of carbonyl (C=O) groups excluding carboxylic acids is 2. The third-order valence-electron chi connectivity index (χ3n) is 2.90. The zero-order valence-corrected chi connectivity index (χ0v) is 10.9. The topological polar surface area (TPSA) is 55.9 Å². The van der Waals surface area contributed by atoms with Gasteiger partial charge in [0.25, 0.3) is 0 Å². The molecule has 0 bridgehead atoms. The van der Waals surface area contributed by atoms with Crippen molar-refractivity contribution in [3.63, 3.8) is 0 Å². The third-order valence-corrected chi connectivity index (χ3v) is 2.90. The monoisotopic (exact) mass is 242 g/mol. The van der Waals surface area contributed by atoms with E-state index >= 15 is 0 Å². The molecule has 1 rings (SSSR count). The van der Waals surface area contributed by atoms with Crippen molar-refractivity contribution in [2.24, 2.45) is 0 Å². The summed E-state index contributed by atoms with van der Waals surface area (Å²) in [6.07, 6.45) is 0. The number of hydrogen-bond donors (Lipinski definition) is 1. The minimum atomic E-state index is -0.0616. The minimum absolute atomic E-state index is 0.0616. The van der Waals surface area contributed by atoms with Crippen molar-refractivity contribution in [2.45, 2.75) is 20.8 Å². The normalized spacial score (nSPS) is 16.8. The Balaban J connectivity index is 2.40. The summed E-state index contributed by atoms with van der Waals surface area (Å²) in [7, 11) is 0. The summed E-state index contributed by atoms with van der Waals surface area (Å²) in [4.78, 5) is 26.6. The first-order valence-electron chi connectivity index (χ1n) is 6.14. The number of carbonyl (C=O) groups is 2. The molecule has 0 atom stereocenters. The third kappa shape index (κ3) is 3.89. The van der Waals surface area contributed by atoms with Crippen molar-refractivity contribution in [3.05, 3.63) is 0 Å². The van der Waals surface area contributed by atoms with Gasteiger partial charge in [-0.25, -0.2) is 9.80 Å². The van der Waals surface area contributed by atoms with Crippen LogP contribution in [0, 0.1) is 0 Å². The first-order valence-corrected chi connectivity index (χ1v) is 6.14. The van der Waals surface area contributed by atoms with Gasteiger partial charge in [-0.2, -0.15) is 0 Å². The van der Waals surface area contributed by atoms with Gasteiger partial charge in [-0.05, 0) is 13.8 Å². The van der Waals surface area contributed by atoms with Crippen LogP contribution in [0.5, 0.6) is 0 Å². The smallest absolute Gasteiger partial charge is 0.320 e. The molecule has 0 aromatic rings. The van der Waals surface area contributed by atoms with Crippen molar-refractivity contribution in [3.8, 4) is 0 Å².